The van der Waals surface area contributed by atoms with E-state index in [0.29, 0.717) is 34.6 Å². The number of hydrogen-bond donors (Lipinski definition) is 2. The zero-order valence-corrected chi connectivity index (χ0v) is 24.4. The minimum Gasteiger partial charge on any atom is -0.463 e. The van der Waals surface area contributed by atoms with Crippen LogP contribution in [-0.4, -0.2) is 36.0 Å². The summed E-state index contributed by atoms with van der Waals surface area (Å²) in [5.41, 5.74) is 5.45. The smallest absolute Gasteiger partial charge is 0.338 e. The van der Waals surface area contributed by atoms with Crippen molar-refractivity contribution < 1.29 is 19.1 Å². The fourth-order valence-corrected chi connectivity index (χ4v) is 5.21. The summed E-state index contributed by atoms with van der Waals surface area (Å²) >= 11 is 0. The number of esters is 1. The molecule has 1 unspecified atom stereocenters. The van der Waals surface area contributed by atoms with Gasteiger partial charge < -0.3 is 15.4 Å². The third kappa shape index (κ3) is 6.67. The van der Waals surface area contributed by atoms with Gasteiger partial charge in [-0.2, -0.15) is 0 Å². The lowest BCUT2D eigenvalue weighted by molar-refractivity contribution is -0.138. The molecule has 0 saturated carbocycles. The van der Waals surface area contributed by atoms with Gasteiger partial charge in [0.25, 0.3) is 5.91 Å². The average molecular weight is 574 g/mol. The molecule has 0 aromatic heterocycles. The molecule has 2 N–H and O–H groups in total. The monoisotopic (exact) mass is 573 g/mol. The van der Waals surface area contributed by atoms with Gasteiger partial charge in [-0.1, -0.05) is 98.3 Å². The molecule has 1 aliphatic rings. The van der Waals surface area contributed by atoms with E-state index in [9.17, 15) is 14.4 Å². The summed E-state index contributed by atoms with van der Waals surface area (Å²) in [5, 5.41) is 5.99. The Morgan fingerprint density at radius 2 is 1.47 bits per heavy atom. The molecule has 43 heavy (non-hydrogen) atoms. The number of amides is 3. The summed E-state index contributed by atoms with van der Waals surface area (Å²) in [4.78, 5) is 41.9. The van der Waals surface area contributed by atoms with Crippen LogP contribution in [0.4, 0.5) is 10.5 Å². The Kier molecular flexibility index (Phi) is 9.32. The molecule has 1 atom stereocenters. The molecule has 5 rings (SSSR count). The molecule has 4 aromatic carbocycles. The summed E-state index contributed by atoms with van der Waals surface area (Å²) in [7, 11) is 0. The van der Waals surface area contributed by atoms with Crippen LogP contribution in [0.3, 0.4) is 0 Å². The Bertz CT molecular complexity index is 1620. The van der Waals surface area contributed by atoms with Gasteiger partial charge in [0.15, 0.2) is 0 Å². The molecule has 1 aliphatic heterocycles. The minimum absolute atomic E-state index is 0.194. The first kappa shape index (κ1) is 29.3. The van der Waals surface area contributed by atoms with Gasteiger partial charge in [-0.15, -0.1) is 0 Å². The first-order valence-electron chi connectivity index (χ1n) is 14.6. The molecule has 0 saturated heterocycles. The number of carbonyl (C=O) groups is 3. The Hall–Kier alpha value is -5.17. The number of unbranched alkanes of at least 4 members (excludes halogenated alkanes) is 1. The van der Waals surface area contributed by atoms with Gasteiger partial charge in [0, 0.05) is 17.8 Å². The molecule has 0 radical (unpaired) electrons. The standard InChI is InChI=1S/C36H35N3O4/c1-3-5-23-39-33(27-15-10-7-11-16-27)31(35(41)43-4-2)32(38-36(39)42)29-17-12-18-30(24-29)37-34(40)28-21-19-26(20-22-28)25-13-8-6-9-14-25/h6-22,24,32H,3-5,23H2,1-2H3,(H,37,40)(H,38,42). The van der Waals surface area contributed by atoms with Crippen molar-refractivity contribution in [1.29, 1.82) is 0 Å². The van der Waals surface area contributed by atoms with Gasteiger partial charge in [0.1, 0.15) is 0 Å². The SMILES string of the molecule is CCCCN1C(=O)NC(c2cccc(NC(=O)c3ccc(-c4ccccc4)cc3)c2)C(C(=O)OCC)=C1c1ccccc1. The third-order valence-corrected chi connectivity index (χ3v) is 7.34. The van der Waals surface area contributed by atoms with Gasteiger partial charge in [-0.05, 0) is 59.9 Å². The topological polar surface area (TPSA) is 87.7 Å². The van der Waals surface area contributed by atoms with E-state index < -0.39 is 12.0 Å². The van der Waals surface area contributed by atoms with E-state index in [0.717, 1.165) is 29.5 Å². The predicted molar refractivity (Wildman–Crippen MR) is 169 cm³/mol. The molecule has 7 nitrogen and oxygen atoms in total. The quantitative estimate of drug-likeness (QED) is 0.193. The highest BCUT2D eigenvalue weighted by molar-refractivity contribution is 6.06. The van der Waals surface area contributed by atoms with Crippen LogP contribution in [0.5, 0.6) is 0 Å². The molecule has 218 valence electrons. The molecule has 0 aliphatic carbocycles. The first-order valence-corrected chi connectivity index (χ1v) is 14.6. The number of carbonyl (C=O) groups excluding carboxylic acids is 3. The second-order valence-electron chi connectivity index (χ2n) is 10.3. The fourth-order valence-electron chi connectivity index (χ4n) is 5.21. The van der Waals surface area contributed by atoms with Crippen LogP contribution in [0.2, 0.25) is 0 Å². The van der Waals surface area contributed by atoms with Crippen LogP contribution in [0.15, 0.2) is 115 Å². The lowest BCUT2D eigenvalue weighted by Gasteiger charge is -2.37. The average Bonchev–Trinajstić information content (AvgIpc) is 3.05. The van der Waals surface area contributed by atoms with Crippen LogP contribution < -0.4 is 10.6 Å². The highest BCUT2D eigenvalue weighted by Gasteiger charge is 2.38. The molecule has 3 amide bonds. The summed E-state index contributed by atoms with van der Waals surface area (Å²) in [6.45, 7) is 4.47. The van der Waals surface area contributed by atoms with Gasteiger partial charge in [-0.3, -0.25) is 9.69 Å². The molecular formula is C36H35N3O4. The number of benzene rings is 4. The molecule has 1 heterocycles. The largest absolute Gasteiger partial charge is 0.463 e. The van der Waals surface area contributed by atoms with Gasteiger partial charge in [-0.25, -0.2) is 9.59 Å². The number of nitrogens with one attached hydrogen (secondary N) is 2. The minimum atomic E-state index is -0.776. The number of urea groups is 1. The van der Waals surface area contributed by atoms with E-state index in [4.69, 9.17) is 4.74 Å². The van der Waals surface area contributed by atoms with Crippen molar-refractivity contribution in [3.63, 3.8) is 0 Å². The van der Waals surface area contributed by atoms with Crippen molar-refractivity contribution >= 4 is 29.3 Å². The Labute approximate surface area is 252 Å². The number of hydrogen-bond acceptors (Lipinski definition) is 4. The van der Waals surface area contributed by atoms with Gasteiger partial charge in [0.05, 0.1) is 23.9 Å². The fraction of sp³-hybridized carbons (Fsp3) is 0.194. The number of nitrogens with zero attached hydrogens (tertiary/aromatic N) is 1. The maximum absolute atomic E-state index is 13.5. The maximum Gasteiger partial charge on any atom is 0.338 e. The van der Waals surface area contributed by atoms with E-state index in [1.165, 1.54) is 0 Å². The van der Waals surface area contributed by atoms with Crippen molar-refractivity contribution in [3.8, 4) is 11.1 Å². The van der Waals surface area contributed by atoms with Crippen LogP contribution in [-0.2, 0) is 9.53 Å². The maximum atomic E-state index is 13.5. The third-order valence-electron chi connectivity index (χ3n) is 7.34. The van der Waals surface area contributed by atoms with Gasteiger partial charge >= 0.3 is 12.0 Å². The number of anilines is 1. The van der Waals surface area contributed by atoms with Crippen molar-refractivity contribution in [3.05, 3.63) is 131 Å². The molecule has 0 bridgehead atoms. The van der Waals surface area contributed by atoms with E-state index in [-0.39, 0.29) is 18.5 Å². The van der Waals surface area contributed by atoms with Gasteiger partial charge in [0.2, 0.25) is 0 Å². The van der Waals surface area contributed by atoms with Crippen molar-refractivity contribution in [2.75, 3.05) is 18.5 Å². The molecular weight excluding hydrogens is 538 g/mol. The lowest BCUT2D eigenvalue weighted by atomic mass is 9.91. The molecule has 4 aromatic rings. The van der Waals surface area contributed by atoms with Crippen LogP contribution in [0.25, 0.3) is 16.8 Å². The van der Waals surface area contributed by atoms with E-state index in [2.05, 4.69) is 17.6 Å². The lowest BCUT2D eigenvalue weighted by Crippen LogP contribution is -2.48. The Morgan fingerprint density at radius 3 is 2.12 bits per heavy atom. The summed E-state index contributed by atoms with van der Waals surface area (Å²) in [6, 6.07) is 33.0. The zero-order chi connectivity index (χ0) is 30.2. The van der Waals surface area contributed by atoms with Crippen LogP contribution in [0.1, 0.15) is 54.2 Å². The Morgan fingerprint density at radius 1 is 0.814 bits per heavy atom. The number of rotatable bonds is 10. The number of ether oxygens (including phenoxy) is 1. The normalized spacial score (nSPS) is 14.7. The summed E-state index contributed by atoms with van der Waals surface area (Å²) < 4.78 is 5.52. The van der Waals surface area contributed by atoms with Crippen molar-refractivity contribution in [2.24, 2.45) is 0 Å². The molecule has 0 fully saturated rings. The second-order valence-corrected chi connectivity index (χ2v) is 10.3. The highest BCUT2D eigenvalue weighted by atomic mass is 16.5. The van der Waals surface area contributed by atoms with Crippen molar-refractivity contribution in [2.45, 2.75) is 32.7 Å². The van der Waals surface area contributed by atoms with Crippen LogP contribution >= 0.6 is 0 Å². The molecule has 7 heteroatoms. The van der Waals surface area contributed by atoms with E-state index >= 15 is 0 Å². The van der Waals surface area contributed by atoms with E-state index in [1.54, 1.807) is 42.2 Å². The Balaban J connectivity index is 1.48. The highest BCUT2D eigenvalue weighted by Crippen LogP contribution is 2.37. The molecule has 0 spiro atoms. The van der Waals surface area contributed by atoms with Crippen LogP contribution in [0, 0.1) is 0 Å². The van der Waals surface area contributed by atoms with E-state index in [1.807, 2.05) is 78.9 Å². The first-order chi connectivity index (χ1) is 21.0. The summed E-state index contributed by atoms with van der Waals surface area (Å²) in [5.74, 6) is -0.762. The zero-order valence-electron chi connectivity index (χ0n) is 24.4. The second kappa shape index (κ2) is 13.7. The van der Waals surface area contributed by atoms with Crippen molar-refractivity contribution in [1.82, 2.24) is 10.2 Å². The predicted octanol–water partition coefficient (Wildman–Crippen LogP) is 7.45. The summed E-state index contributed by atoms with van der Waals surface area (Å²) in [6.07, 6.45) is 1.67.